The minimum Gasteiger partial charge on any atom is -0.338 e. The number of hydrogen-bond donors (Lipinski definition) is 1. The minimum absolute atomic E-state index is 0.177. The van der Waals surface area contributed by atoms with Gasteiger partial charge in [-0.05, 0) is 19.3 Å². The molecule has 2 heterocycles. The number of carbonyl (C=O) groups is 1. The predicted molar refractivity (Wildman–Crippen MR) is 63.0 cm³/mol. The molecule has 1 aromatic rings. The van der Waals surface area contributed by atoms with Crippen molar-refractivity contribution in [1.82, 2.24) is 19.9 Å². The van der Waals surface area contributed by atoms with Crippen LogP contribution in [0.4, 0.5) is 0 Å². The molecular weight excluding hydrogens is 218 g/mol. The zero-order chi connectivity index (χ0) is 12.1. The van der Waals surface area contributed by atoms with Crippen molar-refractivity contribution in [2.75, 3.05) is 13.1 Å². The van der Waals surface area contributed by atoms with Crippen molar-refractivity contribution in [2.45, 2.75) is 38.3 Å². The number of nitrogens with zero attached hydrogens (tertiary/aromatic N) is 4. The monoisotopic (exact) mass is 237 g/mol. The number of rotatable bonds is 4. The van der Waals surface area contributed by atoms with Gasteiger partial charge in [0.2, 0.25) is 5.91 Å². The molecule has 1 aliphatic rings. The number of amides is 1. The topological polar surface area (TPSA) is 77.0 Å². The van der Waals surface area contributed by atoms with Gasteiger partial charge in [0.05, 0.1) is 12.7 Å². The third-order valence-corrected chi connectivity index (χ3v) is 3.25. The van der Waals surface area contributed by atoms with E-state index in [4.69, 9.17) is 5.73 Å². The molecule has 0 aliphatic carbocycles. The van der Waals surface area contributed by atoms with Gasteiger partial charge in [0, 0.05) is 31.7 Å². The van der Waals surface area contributed by atoms with Crippen LogP contribution in [-0.4, -0.2) is 44.9 Å². The largest absolute Gasteiger partial charge is 0.338 e. The third-order valence-electron chi connectivity index (χ3n) is 3.25. The van der Waals surface area contributed by atoms with Gasteiger partial charge in [-0.2, -0.15) is 0 Å². The second kappa shape index (κ2) is 5.77. The SMILES string of the molecule is NCC1CCCCN1C(=O)CCn1ccnn1. The Morgan fingerprint density at radius 1 is 1.47 bits per heavy atom. The van der Waals surface area contributed by atoms with Crippen molar-refractivity contribution in [3.8, 4) is 0 Å². The van der Waals surface area contributed by atoms with Crippen LogP contribution in [0.5, 0.6) is 0 Å². The molecule has 0 spiro atoms. The normalized spacial score (nSPS) is 20.5. The van der Waals surface area contributed by atoms with Crippen LogP contribution in [0.1, 0.15) is 25.7 Å². The second-order valence-corrected chi connectivity index (χ2v) is 4.39. The van der Waals surface area contributed by atoms with Crippen molar-refractivity contribution in [1.29, 1.82) is 0 Å². The minimum atomic E-state index is 0.177. The molecule has 1 aromatic heterocycles. The van der Waals surface area contributed by atoms with Gasteiger partial charge < -0.3 is 10.6 Å². The van der Waals surface area contributed by atoms with Crippen LogP contribution in [0, 0.1) is 0 Å². The quantitative estimate of drug-likeness (QED) is 0.800. The molecule has 0 aromatic carbocycles. The van der Waals surface area contributed by atoms with E-state index in [0.29, 0.717) is 19.5 Å². The number of carbonyl (C=O) groups excluding carboxylic acids is 1. The zero-order valence-corrected chi connectivity index (χ0v) is 9.96. The van der Waals surface area contributed by atoms with E-state index in [1.54, 1.807) is 17.1 Å². The van der Waals surface area contributed by atoms with E-state index in [1.807, 2.05) is 4.90 Å². The summed E-state index contributed by atoms with van der Waals surface area (Å²) in [6, 6.07) is 0.229. The highest BCUT2D eigenvalue weighted by Gasteiger charge is 2.24. The first-order valence-corrected chi connectivity index (χ1v) is 6.15. The molecule has 1 saturated heterocycles. The highest BCUT2D eigenvalue weighted by atomic mass is 16.2. The van der Waals surface area contributed by atoms with Gasteiger partial charge in [-0.25, -0.2) is 0 Å². The molecule has 2 N–H and O–H groups in total. The molecule has 6 heteroatoms. The van der Waals surface area contributed by atoms with Crippen LogP contribution >= 0.6 is 0 Å². The summed E-state index contributed by atoms with van der Waals surface area (Å²) < 4.78 is 1.68. The van der Waals surface area contributed by atoms with E-state index in [1.165, 1.54) is 6.42 Å². The molecule has 1 unspecified atom stereocenters. The van der Waals surface area contributed by atoms with Crippen molar-refractivity contribution in [2.24, 2.45) is 5.73 Å². The molecule has 1 atom stereocenters. The average Bonchev–Trinajstić information content (AvgIpc) is 2.89. The molecular formula is C11H19N5O. The summed E-state index contributed by atoms with van der Waals surface area (Å²) in [5.41, 5.74) is 5.70. The highest BCUT2D eigenvalue weighted by molar-refractivity contribution is 5.76. The number of piperidine rings is 1. The molecule has 94 valence electrons. The van der Waals surface area contributed by atoms with Crippen molar-refractivity contribution in [3.63, 3.8) is 0 Å². The summed E-state index contributed by atoms with van der Waals surface area (Å²) in [6.07, 6.45) is 7.16. The summed E-state index contributed by atoms with van der Waals surface area (Å²) in [5.74, 6) is 0.177. The van der Waals surface area contributed by atoms with Gasteiger partial charge in [0.15, 0.2) is 0 Å². The molecule has 1 fully saturated rings. The number of likely N-dealkylation sites (tertiary alicyclic amines) is 1. The molecule has 0 saturated carbocycles. The van der Waals surface area contributed by atoms with Gasteiger partial charge >= 0.3 is 0 Å². The molecule has 1 amide bonds. The standard InChI is InChI=1S/C11H19N5O/c12-9-10-3-1-2-6-16(10)11(17)4-7-15-8-5-13-14-15/h5,8,10H,1-4,6-7,9,12H2. The Morgan fingerprint density at radius 3 is 3.06 bits per heavy atom. The zero-order valence-electron chi connectivity index (χ0n) is 9.96. The maximum atomic E-state index is 12.1. The van der Waals surface area contributed by atoms with E-state index >= 15 is 0 Å². The first kappa shape index (κ1) is 12.0. The average molecular weight is 237 g/mol. The van der Waals surface area contributed by atoms with Crippen molar-refractivity contribution < 1.29 is 4.79 Å². The fourth-order valence-electron chi connectivity index (χ4n) is 2.28. The summed E-state index contributed by atoms with van der Waals surface area (Å²) in [4.78, 5) is 14.0. The lowest BCUT2D eigenvalue weighted by molar-refractivity contribution is -0.134. The Bertz CT molecular complexity index is 351. The van der Waals surface area contributed by atoms with Crippen LogP contribution in [0.25, 0.3) is 0 Å². The summed E-state index contributed by atoms with van der Waals surface area (Å²) in [5, 5.41) is 7.56. The van der Waals surface area contributed by atoms with E-state index in [0.717, 1.165) is 19.4 Å². The molecule has 0 bridgehead atoms. The Kier molecular flexibility index (Phi) is 4.08. The maximum absolute atomic E-state index is 12.1. The van der Waals surface area contributed by atoms with E-state index in [-0.39, 0.29) is 11.9 Å². The smallest absolute Gasteiger partial charge is 0.224 e. The highest BCUT2D eigenvalue weighted by Crippen LogP contribution is 2.17. The van der Waals surface area contributed by atoms with Crippen molar-refractivity contribution in [3.05, 3.63) is 12.4 Å². The summed E-state index contributed by atoms with van der Waals surface area (Å²) in [7, 11) is 0. The van der Waals surface area contributed by atoms with Gasteiger partial charge in [0.25, 0.3) is 0 Å². The third kappa shape index (κ3) is 3.03. The van der Waals surface area contributed by atoms with Gasteiger partial charge in [-0.15, -0.1) is 5.10 Å². The Labute approximate surface area is 101 Å². The number of nitrogens with two attached hydrogens (primary N) is 1. The first-order valence-electron chi connectivity index (χ1n) is 6.15. The number of aryl methyl sites for hydroxylation is 1. The van der Waals surface area contributed by atoms with E-state index in [2.05, 4.69) is 10.3 Å². The number of aromatic nitrogens is 3. The Hall–Kier alpha value is -1.43. The van der Waals surface area contributed by atoms with Gasteiger partial charge in [0.1, 0.15) is 0 Å². The van der Waals surface area contributed by atoms with Gasteiger partial charge in [-0.3, -0.25) is 9.48 Å². The summed E-state index contributed by atoms with van der Waals surface area (Å²) in [6.45, 7) is 2.00. The first-order chi connectivity index (χ1) is 8.31. The van der Waals surface area contributed by atoms with Crippen LogP contribution in [-0.2, 0) is 11.3 Å². The fraction of sp³-hybridized carbons (Fsp3) is 0.727. The lowest BCUT2D eigenvalue weighted by Crippen LogP contribution is -2.47. The second-order valence-electron chi connectivity index (χ2n) is 4.39. The van der Waals surface area contributed by atoms with E-state index in [9.17, 15) is 4.79 Å². The van der Waals surface area contributed by atoms with Crippen LogP contribution in [0.2, 0.25) is 0 Å². The van der Waals surface area contributed by atoms with E-state index < -0.39 is 0 Å². The lowest BCUT2D eigenvalue weighted by Gasteiger charge is -2.35. The molecule has 17 heavy (non-hydrogen) atoms. The van der Waals surface area contributed by atoms with Crippen LogP contribution in [0.3, 0.4) is 0 Å². The molecule has 2 rings (SSSR count). The van der Waals surface area contributed by atoms with Crippen LogP contribution in [0.15, 0.2) is 12.4 Å². The number of hydrogen-bond acceptors (Lipinski definition) is 4. The molecule has 0 radical (unpaired) electrons. The Balaban J connectivity index is 1.85. The molecule has 1 aliphatic heterocycles. The predicted octanol–water partition coefficient (Wildman–Crippen LogP) is 0.00800. The molecule has 6 nitrogen and oxygen atoms in total. The lowest BCUT2D eigenvalue weighted by atomic mass is 10.0. The van der Waals surface area contributed by atoms with Crippen LogP contribution < -0.4 is 5.73 Å². The van der Waals surface area contributed by atoms with Gasteiger partial charge in [-0.1, -0.05) is 5.21 Å². The summed E-state index contributed by atoms with van der Waals surface area (Å²) >= 11 is 0. The Morgan fingerprint density at radius 2 is 2.35 bits per heavy atom. The van der Waals surface area contributed by atoms with Crippen molar-refractivity contribution >= 4 is 5.91 Å². The fourth-order valence-corrected chi connectivity index (χ4v) is 2.28. The maximum Gasteiger partial charge on any atom is 0.224 e.